The van der Waals surface area contributed by atoms with Gasteiger partial charge in [-0.25, -0.2) is 4.79 Å². The predicted octanol–water partition coefficient (Wildman–Crippen LogP) is 1.25. The Hall–Kier alpha value is -1.24. The first-order chi connectivity index (χ1) is 9.86. The van der Waals surface area contributed by atoms with Crippen LogP contribution in [0.3, 0.4) is 0 Å². The summed E-state index contributed by atoms with van der Waals surface area (Å²) in [6.07, 6.45) is 3.53. The van der Waals surface area contributed by atoms with Crippen LogP contribution in [0.25, 0.3) is 0 Å². The number of carbonyl (C=O) groups excluding carboxylic acids is 2. The van der Waals surface area contributed by atoms with Gasteiger partial charge >= 0.3 is 5.97 Å². The molecule has 0 aliphatic rings. The van der Waals surface area contributed by atoms with Gasteiger partial charge in [0.15, 0.2) is 0 Å². The first kappa shape index (κ1) is 19.8. The number of amides is 2. The highest BCUT2D eigenvalue weighted by Crippen LogP contribution is 2.09. The number of nitrogens with one attached hydrogen (secondary N) is 2. The molecule has 2 unspecified atom stereocenters. The highest BCUT2D eigenvalue weighted by molar-refractivity contribution is 8.00. The third-order valence-corrected chi connectivity index (χ3v) is 3.95. The van der Waals surface area contributed by atoms with Crippen molar-refractivity contribution < 1.29 is 19.5 Å². The summed E-state index contributed by atoms with van der Waals surface area (Å²) in [5.74, 6) is -0.173. The van der Waals surface area contributed by atoms with Crippen LogP contribution in [0.5, 0.6) is 0 Å². The Morgan fingerprint density at radius 1 is 1.24 bits per heavy atom. The molecule has 0 fully saturated rings. The molecule has 122 valence electrons. The summed E-state index contributed by atoms with van der Waals surface area (Å²) in [5, 5.41) is 13.9. The molecule has 3 N–H and O–H groups in total. The van der Waals surface area contributed by atoms with Crippen molar-refractivity contribution in [3.8, 4) is 0 Å². The average Bonchev–Trinajstić information content (AvgIpc) is 2.36. The fraction of sp³-hybridized carbons (Fsp3) is 0.786. The van der Waals surface area contributed by atoms with E-state index < -0.39 is 12.0 Å². The summed E-state index contributed by atoms with van der Waals surface area (Å²) in [7, 11) is 0. The summed E-state index contributed by atoms with van der Waals surface area (Å²) < 4.78 is 0. The Balaban J connectivity index is 3.83. The first-order valence-electron chi connectivity index (χ1n) is 7.16. The Labute approximate surface area is 130 Å². The second-order valence-electron chi connectivity index (χ2n) is 5.48. The minimum Gasteiger partial charge on any atom is -0.480 e. The fourth-order valence-electron chi connectivity index (χ4n) is 1.76. The minimum absolute atomic E-state index is 0.104. The molecule has 0 saturated carbocycles. The van der Waals surface area contributed by atoms with Gasteiger partial charge in [0, 0.05) is 11.8 Å². The number of rotatable bonds is 12. The lowest BCUT2D eigenvalue weighted by atomic mass is 10.0. The van der Waals surface area contributed by atoms with E-state index in [-0.39, 0.29) is 23.5 Å². The van der Waals surface area contributed by atoms with Crippen LogP contribution in [0, 0.1) is 5.92 Å². The molecule has 0 aliphatic carbocycles. The van der Waals surface area contributed by atoms with Crippen LogP contribution in [0.2, 0.25) is 0 Å². The van der Waals surface area contributed by atoms with E-state index in [9.17, 15) is 14.4 Å². The van der Waals surface area contributed by atoms with E-state index in [1.807, 2.05) is 6.92 Å². The van der Waals surface area contributed by atoms with Crippen molar-refractivity contribution in [1.82, 2.24) is 10.6 Å². The van der Waals surface area contributed by atoms with Crippen LogP contribution in [0.4, 0.5) is 0 Å². The van der Waals surface area contributed by atoms with Crippen LogP contribution in [-0.4, -0.2) is 47.0 Å². The van der Waals surface area contributed by atoms with Gasteiger partial charge < -0.3 is 15.7 Å². The van der Waals surface area contributed by atoms with Crippen molar-refractivity contribution in [2.45, 2.75) is 52.1 Å². The van der Waals surface area contributed by atoms with Gasteiger partial charge in [0.1, 0.15) is 6.04 Å². The summed E-state index contributed by atoms with van der Waals surface area (Å²) in [6, 6.07) is -0.830. The maximum absolute atomic E-state index is 11.7. The molecule has 0 aromatic carbocycles. The molecule has 0 bridgehead atoms. The van der Waals surface area contributed by atoms with Crippen molar-refractivity contribution >= 4 is 30.0 Å². The van der Waals surface area contributed by atoms with Gasteiger partial charge in [-0.3, -0.25) is 9.59 Å². The molecule has 21 heavy (non-hydrogen) atoms. The molecule has 0 heterocycles. The Morgan fingerprint density at radius 3 is 2.43 bits per heavy atom. The molecule has 0 radical (unpaired) electrons. The maximum atomic E-state index is 11.7. The van der Waals surface area contributed by atoms with E-state index in [4.69, 9.17) is 5.11 Å². The third kappa shape index (κ3) is 11.1. The molecule has 0 aliphatic heterocycles. The quantitative estimate of drug-likeness (QED) is 0.471. The van der Waals surface area contributed by atoms with E-state index in [0.717, 1.165) is 19.3 Å². The largest absolute Gasteiger partial charge is 0.480 e. The topological polar surface area (TPSA) is 95.5 Å². The van der Waals surface area contributed by atoms with Gasteiger partial charge in [-0.1, -0.05) is 26.7 Å². The van der Waals surface area contributed by atoms with Crippen LogP contribution >= 0.6 is 11.8 Å². The van der Waals surface area contributed by atoms with E-state index in [0.29, 0.717) is 12.3 Å². The smallest absolute Gasteiger partial charge is 0.327 e. The van der Waals surface area contributed by atoms with Crippen LogP contribution < -0.4 is 10.6 Å². The molecule has 0 saturated heterocycles. The number of thioether (sulfide) groups is 1. The molecular formula is C14H26N2O4S. The van der Waals surface area contributed by atoms with Crippen LogP contribution in [0.15, 0.2) is 0 Å². The molecular weight excluding hydrogens is 292 g/mol. The average molecular weight is 318 g/mol. The highest BCUT2D eigenvalue weighted by Gasteiger charge is 2.17. The molecule has 0 spiro atoms. The zero-order valence-electron chi connectivity index (χ0n) is 12.9. The fourth-order valence-corrected chi connectivity index (χ4v) is 2.62. The lowest BCUT2D eigenvalue weighted by molar-refractivity contribution is -0.139. The van der Waals surface area contributed by atoms with Crippen molar-refractivity contribution in [2.75, 3.05) is 11.5 Å². The second kappa shape index (κ2) is 11.4. The summed E-state index contributed by atoms with van der Waals surface area (Å²) in [5.41, 5.74) is 0. The normalized spacial score (nSPS) is 13.5. The van der Waals surface area contributed by atoms with E-state index in [1.165, 1.54) is 11.8 Å². The standard InChI is InChI=1S/C14H26N2O4S/c1-10(2)5-4-6-11(3)16-13(18)8-21-7-12(14(19)20)15-9-17/h9-12H,4-8H2,1-3H3,(H,15,17)(H,16,18)(H,19,20). The number of carboxylic acids is 1. The SMILES string of the molecule is CC(C)CCCC(C)NC(=O)CSCC(NC=O)C(=O)O. The zero-order valence-corrected chi connectivity index (χ0v) is 13.7. The van der Waals surface area contributed by atoms with Crippen molar-refractivity contribution in [3.05, 3.63) is 0 Å². The molecule has 2 atom stereocenters. The van der Waals surface area contributed by atoms with Crippen LogP contribution in [0.1, 0.15) is 40.0 Å². The molecule has 6 nitrogen and oxygen atoms in total. The van der Waals surface area contributed by atoms with Crippen LogP contribution in [-0.2, 0) is 14.4 Å². The number of carboxylic acid groups (broad SMARTS) is 1. The Kier molecular flexibility index (Phi) is 10.7. The lowest BCUT2D eigenvalue weighted by Crippen LogP contribution is -2.39. The number of carbonyl (C=O) groups is 3. The molecule has 0 aromatic heterocycles. The van der Waals surface area contributed by atoms with E-state index in [2.05, 4.69) is 24.5 Å². The second-order valence-corrected chi connectivity index (χ2v) is 6.51. The summed E-state index contributed by atoms with van der Waals surface area (Å²) in [4.78, 5) is 32.7. The van der Waals surface area contributed by atoms with E-state index in [1.54, 1.807) is 0 Å². The van der Waals surface area contributed by atoms with Gasteiger partial charge in [-0.2, -0.15) is 0 Å². The van der Waals surface area contributed by atoms with Crippen molar-refractivity contribution in [3.63, 3.8) is 0 Å². The Bertz CT molecular complexity index is 337. The van der Waals surface area contributed by atoms with Gasteiger partial charge in [-0.15, -0.1) is 11.8 Å². The van der Waals surface area contributed by atoms with Gasteiger partial charge in [0.2, 0.25) is 12.3 Å². The Morgan fingerprint density at radius 2 is 1.90 bits per heavy atom. The first-order valence-corrected chi connectivity index (χ1v) is 8.31. The molecule has 2 amide bonds. The van der Waals surface area contributed by atoms with Gasteiger partial charge in [0.05, 0.1) is 5.75 Å². The minimum atomic E-state index is -1.10. The molecule has 7 heteroatoms. The van der Waals surface area contributed by atoms with Crippen molar-refractivity contribution in [2.24, 2.45) is 5.92 Å². The van der Waals surface area contributed by atoms with E-state index >= 15 is 0 Å². The van der Waals surface area contributed by atoms with Gasteiger partial charge in [-0.05, 0) is 19.3 Å². The monoisotopic (exact) mass is 318 g/mol. The van der Waals surface area contributed by atoms with Gasteiger partial charge in [0.25, 0.3) is 0 Å². The lowest BCUT2D eigenvalue weighted by Gasteiger charge is -2.15. The molecule has 0 rings (SSSR count). The number of aliphatic carboxylic acids is 1. The summed E-state index contributed by atoms with van der Waals surface area (Å²) >= 11 is 1.19. The zero-order chi connectivity index (χ0) is 16.3. The van der Waals surface area contributed by atoms with Crippen molar-refractivity contribution in [1.29, 1.82) is 0 Å². The number of hydrogen-bond donors (Lipinski definition) is 3. The summed E-state index contributed by atoms with van der Waals surface area (Å²) in [6.45, 7) is 6.31. The predicted molar refractivity (Wildman–Crippen MR) is 84.2 cm³/mol. The molecule has 0 aromatic rings. The maximum Gasteiger partial charge on any atom is 0.327 e. The third-order valence-electron chi connectivity index (χ3n) is 2.91. The highest BCUT2D eigenvalue weighted by atomic mass is 32.2. The number of hydrogen-bond acceptors (Lipinski definition) is 4.